The lowest BCUT2D eigenvalue weighted by Crippen LogP contribution is -2.24. The van der Waals surface area contributed by atoms with Crippen molar-refractivity contribution in [2.75, 3.05) is 31.5 Å². The normalized spacial score (nSPS) is 12.1. The highest BCUT2D eigenvalue weighted by atomic mass is 35.5. The Hall–Kier alpha value is -3.74. The zero-order valence-electron chi connectivity index (χ0n) is 21.2. The topological polar surface area (TPSA) is 58.3 Å². The first-order valence-corrected chi connectivity index (χ1v) is 13.2. The molecular weight excluding hydrogens is 480 g/mol. The van der Waals surface area contributed by atoms with Crippen molar-refractivity contribution in [3.05, 3.63) is 95.6 Å². The van der Waals surface area contributed by atoms with Crippen LogP contribution in [0, 0.1) is 0 Å². The second-order valence-corrected chi connectivity index (χ2v) is 9.34. The van der Waals surface area contributed by atoms with Gasteiger partial charge in [0.25, 0.3) is 0 Å². The number of fused-ring (bicyclic) bond motifs is 2. The summed E-state index contributed by atoms with van der Waals surface area (Å²) in [7, 11) is 0. The number of benzene rings is 3. The van der Waals surface area contributed by atoms with Crippen molar-refractivity contribution in [1.29, 1.82) is 0 Å². The minimum Gasteiger partial charge on any atom is -0.352 e. The third-order valence-electron chi connectivity index (χ3n) is 6.53. The van der Waals surface area contributed by atoms with Gasteiger partial charge < -0.3 is 14.8 Å². The summed E-state index contributed by atoms with van der Waals surface area (Å²) in [5.41, 5.74) is 6.65. The van der Waals surface area contributed by atoms with Crippen LogP contribution in [0.4, 0.5) is 11.4 Å². The van der Waals surface area contributed by atoms with Gasteiger partial charge in [-0.1, -0.05) is 37.6 Å². The second kappa shape index (κ2) is 11.5. The van der Waals surface area contributed by atoms with Crippen molar-refractivity contribution in [2.45, 2.75) is 20.3 Å². The number of anilines is 2. The number of nitrogens with zero attached hydrogens (tertiary/aromatic N) is 5. The zero-order chi connectivity index (χ0) is 25.6. The van der Waals surface area contributed by atoms with Gasteiger partial charge in [0.05, 0.1) is 45.4 Å². The number of aromatic nitrogens is 3. The van der Waals surface area contributed by atoms with Crippen LogP contribution >= 0.6 is 11.6 Å². The smallest absolute Gasteiger partial charge is 0.0900 e. The number of nitrogens with one attached hydrogen (secondary N) is 1. The van der Waals surface area contributed by atoms with Gasteiger partial charge >= 0.3 is 0 Å². The number of hydrogen-bond acceptors (Lipinski definition) is 5. The number of halogens is 1. The van der Waals surface area contributed by atoms with Gasteiger partial charge in [0.2, 0.25) is 0 Å². The minimum absolute atomic E-state index is 0.707. The highest BCUT2D eigenvalue weighted by molar-refractivity contribution is 6.30. The molecule has 0 unspecified atom stereocenters. The predicted molar refractivity (Wildman–Crippen MR) is 153 cm³/mol. The van der Waals surface area contributed by atoms with Crippen molar-refractivity contribution in [3.8, 4) is 17.1 Å². The maximum atomic E-state index is 6.22. The molecule has 1 aromatic heterocycles. The summed E-state index contributed by atoms with van der Waals surface area (Å²) in [5.74, 6) is 0. The Morgan fingerprint density at radius 2 is 1.78 bits per heavy atom. The van der Waals surface area contributed by atoms with Crippen LogP contribution in [0.15, 0.2) is 90.2 Å². The van der Waals surface area contributed by atoms with Gasteiger partial charge in [-0.2, -0.15) is 0 Å². The predicted octanol–water partition coefficient (Wildman–Crippen LogP) is 6.55. The molecule has 0 saturated heterocycles. The van der Waals surface area contributed by atoms with Crippen LogP contribution in [0.3, 0.4) is 0 Å². The molecule has 0 saturated carbocycles. The monoisotopic (exact) mass is 510 g/mol. The third-order valence-corrected chi connectivity index (χ3v) is 6.78. The second-order valence-electron chi connectivity index (χ2n) is 8.90. The van der Waals surface area contributed by atoms with Crippen LogP contribution in [-0.4, -0.2) is 45.6 Å². The Bertz CT molecular complexity index is 1510. The molecule has 0 fully saturated rings. The Kier molecular flexibility index (Phi) is 7.78. The molecule has 2 heterocycles. The molecule has 0 amide bonds. The average Bonchev–Trinajstić information content (AvgIpc) is 2.93. The lowest BCUT2D eigenvalue weighted by Gasteiger charge is -2.20. The Morgan fingerprint density at radius 3 is 2.54 bits per heavy atom. The molecule has 1 aliphatic carbocycles. The molecule has 5 rings (SSSR count). The van der Waals surface area contributed by atoms with E-state index in [2.05, 4.69) is 51.8 Å². The van der Waals surface area contributed by atoms with E-state index < -0.39 is 0 Å². The molecule has 188 valence electrons. The maximum Gasteiger partial charge on any atom is 0.0900 e. The van der Waals surface area contributed by atoms with E-state index in [9.17, 15) is 0 Å². The third kappa shape index (κ3) is 5.66. The Balaban J connectivity index is 1.67. The standard InChI is InChI=1S/C30H31ClN6/c1-3-36(4-2)18-8-17-33-26-20-30-28(19-27(26)34-23-9-7-16-32-21-23)35-25-10-5-6-11-29(25)37(30)24-14-12-22(31)13-15-24/h5-7,9-16,19-21,34H,3-4,8,17-18H2,1-2H3. The number of hydrogen-bond donors (Lipinski definition) is 1. The average molecular weight is 511 g/mol. The van der Waals surface area contributed by atoms with Crippen LogP contribution < -0.4 is 10.7 Å². The van der Waals surface area contributed by atoms with Gasteiger partial charge in [0.1, 0.15) is 0 Å². The fourth-order valence-corrected chi connectivity index (χ4v) is 4.69. The quantitative estimate of drug-likeness (QED) is 0.180. The number of pyridine rings is 1. The molecule has 7 heteroatoms. The first kappa shape index (κ1) is 24.9. The van der Waals surface area contributed by atoms with E-state index in [4.69, 9.17) is 21.6 Å². The molecule has 0 bridgehead atoms. The van der Waals surface area contributed by atoms with E-state index in [-0.39, 0.29) is 0 Å². The Morgan fingerprint density at radius 1 is 0.973 bits per heavy atom. The van der Waals surface area contributed by atoms with Crippen LogP contribution in [0.5, 0.6) is 0 Å². The van der Waals surface area contributed by atoms with Crippen molar-refractivity contribution < 1.29 is 0 Å². The van der Waals surface area contributed by atoms with Gasteiger partial charge in [0, 0.05) is 23.5 Å². The molecule has 1 N–H and O–H groups in total. The van der Waals surface area contributed by atoms with Crippen LogP contribution in [0.2, 0.25) is 5.02 Å². The van der Waals surface area contributed by atoms with Gasteiger partial charge in [0.15, 0.2) is 0 Å². The number of para-hydroxylation sites is 2. The molecule has 2 aliphatic rings. The Labute approximate surface area is 222 Å². The summed E-state index contributed by atoms with van der Waals surface area (Å²) in [6, 6.07) is 24.3. The molecule has 0 spiro atoms. The van der Waals surface area contributed by atoms with Gasteiger partial charge in [-0.05, 0) is 86.7 Å². The minimum atomic E-state index is 0.707. The molecule has 3 aromatic rings. The van der Waals surface area contributed by atoms with E-state index in [0.29, 0.717) is 5.02 Å². The lowest BCUT2D eigenvalue weighted by molar-refractivity contribution is 0.301. The van der Waals surface area contributed by atoms with Crippen LogP contribution in [-0.2, 0) is 0 Å². The van der Waals surface area contributed by atoms with Gasteiger partial charge in [-0.3, -0.25) is 9.98 Å². The van der Waals surface area contributed by atoms with Crippen molar-refractivity contribution in [1.82, 2.24) is 19.4 Å². The van der Waals surface area contributed by atoms with Gasteiger partial charge in [-0.25, -0.2) is 4.98 Å². The molecule has 1 aliphatic heterocycles. The van der Waals surface area contributed by atoms with E-state index in [1.165, 1.54) is 0 Å². The van der Waals surface area contributed by atoms with E-state index >= 15 is 0 Å². The van der Waals surface area contributed by atoms with Crippen molar-refractivity contribution >= 4 is 34.0 Å². The van der Waals surface area contributed by atoms with E-state index in [1.807, 2.05) is 60.8 Å². The van der Waals surface area contributed by atoms with Gasteiger partial charge in [-0.15, -0.1) is 0 Å². The summed E-state index contributed by atoms with van der Waals surface area (Å²) >= 11 is 6.22. The largest absolute Gasteiger partial charge is 0.352 e. The summed E-state index contributed by atoms with van der Waals surface area (Å²) in [4.78, 5) is 16.8. The van der Waals surface area contributed by atoms with E-state index in [0.717, 1.165) is 77.4 Å². The van der Waals surface area contributed by atoms with Crippen molar-refractivity contribution in [2.24, 2.45) is 4.99 Å². The maximum absolute atomic E-state index is 6.22. The summed E-state index contributed by atoms with van der Waals surface area (Å²) in [6.45, 7) is 8.29. The number of rotatable bonds is 9. The zero-order valence-corrected chi connectivity index (χ0v) is 22.0. The lowest BCUT2D eigenvalue weighted by atomic mass is 10.1. The molecule has 2 aromatic carbocycles. The fourth-order valence-electron chi connectivity index (χ4n) is 4.57. The molecular formula is C30H31ClN6. The molecule has 37 heavy (non-hydrogen) atoms. The van der Waals surface area contributed by atoms with Crippen molar-refractivity contribution in [3.63, 3.8) is 0 Å². The molecule has 6 nitrogen and oxygen atoms in total. The SMILES string of the molecule is CCN(CC)CCCN=c1cc2n(-c3ccc(Cl)cc3)c3ccccc3nc-2cc1Nc1cccnc1. The summed E-state index contributed by atoms with van der Waals surface area (Å²) < 4.78 is 2.23. The van der Waals surface area contributed by atoms with Crippen LogP contribution in [0.25, 0.3) is 28.1 Å². The molecule has 0 atom stereocenters. The first-order chi connectivity index (χ1) is 18.2. The molecule has 0 radical (unpaired) electrons. The summed E-state index contributed by atoms with van der Waals surface area (Å²) in [6.07, 6.45) is 4.59. The van der Waals surface area contributed by atoms with Crippen LogP contribution in [0.1, 0.15) is 20.3 Å². The summed E-state index contributed by atoms with van der Waals surface area (Å²) in [5, 5.41) is 5.12. The van der Waals surface area contributed by atoms with E-state index in [1.54, 1.807) is 6.20 Å². The first-order valence-electron chi connectivity index (χ1n) is 12.8. The fraction of sp³-hybridized carbons (Fsp3) is 0.233. The highest BCUT2D eigenvalue weighted by Gasteiger charge is 2.16. The highest BCUT2D eigenvalue weighted by Crippen LogP contribution is 2.30.